The van der Waals surface area contributed by atoms with Gasteiger partial charge < -0.3 is 5.73 Å². The lowest BCUT2D eigenvalue weighted by Gasteiger charge is -2.10. The van der Waals surface area contributed by atoms with E-state index in [-0.39, 0.29) is 6.04 Å². The molecule has 0 aliphatic rings. The zero-order valence-corrected chi connectivity index (χ0v) is 9.14. The number of benzene rings is 2. The molecule has 0 amide bonds. The van der Waals surface area contributed by atoms with Crippen molar-refractivity contribution in [3.63, 3.8) is 0 Å². The van der Waals surface area contributed by atoms with Crippen molar-refractivity contribution in [2.75, 3.05) is 0 Å². The van der Waals surface area contributed by atoms with Crippen LogP contribution in [-0.2, 0) is 0 Å². The number of nitrogens with two attached hydrogens (primary N) is 1. The lowest BCUT2D eigenvalue weighted by Crippen LogP contribution is -2.07. The molecule has 2 aromatic carbocycles. The fourth-order valence-electron chi connectivity index (χ4n) is 1.84. The SMILES string of the molecule is C=C/C=C\C(N)c1cccc2ccccc12. The van der Waals surface area contributed by atoms with E-state index in [0.717, 1.165) is 5.56 Å². The van der Waals surface area contributed by atoms with Crippen molar-refractivity contribution in [1.29, 1.82) is 0 Å². The Morgan fingerprint density at radius 3 is 2.62 bits per heavy atom. The molecule has 1 atom stereocenters. The van der Waals surface area contributed by atoms with Crippen LogP contribution in [0.5, 0.6) is 0 Å². The maximum atomic E-state index is 6.11. The van der Waals surface area contributed by atoms with Crippen molar-refractivity contribution in [3.8, 4) is 0 Å². The molecule has 16 heavy (non-hydrogen) atoms. The topological polar surface area (TPSA) is 26.0 Å². The van der Waals surface area contributed by atoms with E-state index in [1.54, 1.807) is 6.08 Å². The van der Waals surface area contributed by atoms with Gasteiger partial charge in [0.15, 0.2) is 0 Å². The van der Waals surface area contributed by atoms with Gasteiger partial charge in [0.25, 0.3) is 0 Å². The smallest absolute Gasteiger partial charge is 0.0490 e. The summed E-state index contributed by atoms with van der Waals surface area (Å²) in [4.78, 5) is 0. The molecule has 1 unspecified atom stereocenters. The minimum Gasteiger partial charge on any atom is -0.321 e. The number of fused-ring (bicyclic) bond motifs is 1. The number of hydrogen-bond acceptors (Lipinski definition) is 1. The van der Waals surface area contributed by atoms with Crippen molar-refractivity contribution in [2.45, 2.75) is 6.04 Å². The van der Waals surface area contributed by atoms with Crippen molar-refractivity contribution >= 4 is 10.8 Å². The molecule has 80 valence electrons. The summed E-state index contributed by atoms with van der Waals surface area (Å²) in [6, 6.07) is 14.4. The molecule has 2 aromatic rings. The standard InChI is InChI=1S/C15H15N/c1-2-3-11-15(16)14-10-6-8-12-7-4-5-9-13(12)14/h2-11,15H,1,16H2/b11-3-. The number of rotatable bonds is 3. The normalized spacial score (nSPS) is 13.1. The lowest BCUT2D eigenvalue weighted by atomic mass is 9.99. The van der Waals surface area contributed by atoms with E-state index in [9.17, 15) is 0 Å². The third-order valence-corrected chi connectivity index (χ3v) is 2.64. The Hall–Kier alpha value is -1.86. The molecule has 0 fully saturated rings. The predicted octanol–water partition coefficient (Wildman–Crippen LogP) is 3.58. The van der Waals surface area contributed by atoms with Gasteiger partial charge in [0, 0.05) is 6.04 Å². The maximum absolute atomic E-state index is 6.11. The van der Waals surface area contributed by atoms with E-state index in [1.165, 1.54) is 10.8 Å². The fraction of sp³-hybridized carbons (Fsp3) is 0.0667. The summed E-state index contributed by atoms with van der Waals surface area (Å²) in [5, 5.41) is 2.44. The van der Waals surface area contributed by atoms with Gasteiger partial charge in [0.2, 0.25) is 0 Å². The molecule has 2 rings (SSSR count). The molecule has 1 nitrogen and oxygen atoms in total. The van der Waals surface area contributed by atoms with Crippen LogP contribution < -0.4 is 5.73 Å². The van der Waals surface area contributed by atoms with Gasteiger partial charge in [-0.15, -0.1) is 0 Å². The monoisotopic (exact) mass is 209 g/mol. The maximum Gasteiger partial charge on any atom is 0.0490 e. The van der Waals surface area contributed by atoms with E-state index in [1.807, 2.05) is 30.4 Å². The van der Waals surface area contributed by atoms with Gasteiger partial charge in [-0.2, -0.15) is 0 Å². The lowest BCUT2D eigenvalue weighted by molar-refractivity contribution is 0.922. The van der Waals surface area contributed by atoms with Crippen molar-refractivity contribution < 1.29 is 0 Å². The van der Waals surface area contributed by atoms with Crippen LogP contribution in [0.25, 0.3) is 10.8 Å². The van der Waals surface area contributed by atoms with E-state index >= 15 is 0 Å². The summed E-state index contributed by atoms with van der Waals surface area (Å²) in [6.45, 7) is 3.65. The van der Waals surface area contributed by atoms with E-state index in [4.69, 9.17) is 5.73 Å². The highest BCUT2D eigenvalue weighted by Gasteiger charge is 2.05. The Labute approximate surface area is 95.9 Å². The van der Waals surface area contributed by atoms with Gasteiger partial charge in [0.05, 0.1) is 0 Å². The summed E-state index contributed by atoms with van der Waals surface area (Å²) in [5.74, 6) is 0. The first-order valence-corrected chi connectivity index (χ1v) is 5.35. The molecule has 0 bridgehead atoms. The van der Waals surface area contributed by atoms with Gasteiger partial charge >= 0.3 is 0 Å². The molecule has 0 spiro atoms. The molecule has 0 saturated carbocycles. The molecule has 0 aliphatic carbocycles. The second-order valence-electron chi connectivity index (χ2n) is 3.71. The highest BCUT2D eigenvalue weighted by atomic mass is 14.6. The molecule has 0 radical (unpaired) electrons. The van der Waals surface area contributed by atoms with Gasteiger partial charge in [0.1, 0.15) is 0 Å². The van der Waals surface area contributed by atoms with Crippen molar-refractivity contribution in [1.82, 2.24) is 0 Å². The first-order chi connectivity index (χ1) is 7.83. The molecule has 1 heteroatoms. The van der Waals surface area contributed by atoms with E-state index in [0.29, 0.717) is 0 Å². The minimum absolute atomic E-state index is 0.0795. The summed E-state index contributed by atoms with van der Waals surface area (Å²) in [6.07, 6.45) is 5.58. The van der Waals surface area contributed by atoms with Crippen LogP contribution in [0.1, 0.15) is 11.6 Å². The Bertz CT molecular complexity index is 520. The second-order valence-corrected chi connectivity index (χ2v) is 3.71. The van der Waals surface area contributed by atoms with E-state index < -0.39 is 0 Å². The fourth-order valence-corrected chi connectivity index (χ4v) is 1.84. The molecular weight excluding hydrogens is 194 g/mol. The van der Waals surface area contributed by atoms with Crippen molar-refractivity contribution in [2.24, 2.45) is 5.73 Å². The van der Waals surface area contributed by atoms with Crippen LogP contribution in [0.15, 0.2) is 67.3 Å². The zero-order valence-electron chi connectivity index (χ0n) is 9.14. The van der Waals surface area contributed by atoms with Crippen LogP contribution in [0, 0.1) is 0 Å². The number of allylic oxidation sites excluding steroid dienone is 2. The van der Waals surface area contributed by atoms with Gasteiger partial charge in [-0.25, -0.2) is 0 Å². The van der Waals surface area contributed by atoms with Gasteiger partial charge in [-0.3, -0.25) is 0 Å². The Morgan fingerprint density at radius 1 is 1.06 bits per heavy atom. The Morgan fingerprint density at radius 2 is 1.81 bits per heavy atom. The van der Waals surface area contributed by atoms with Crippen LogP contribution >= 0.6 is 0 Å². The predicted molar refractivity (Wildman–Crippen MR) is 70.2 cm³/mol. The Balaban J connectivity index is 2.51. The number of hydrogen-bond donors (Lipinski definition) is 1. The average molecular weight is 209 g/mol. The zero-order chi connectivity index (χ0) is 11.4. The third kappa shape index (κ3) is 2.05. The van der Waals surface area contributed by atoms with Crippen LogP contribution in [0.4, 0.5) is 0 Å². The van der Waals surface area contributed by atoms with Gasteiger partial charge in [-0.05, 0) is 16.3 Å². The highest BCUT2D eigenvalue weighted by Crippen LogP contribution is 2.23. The van der Waals surface area contributed by atoms with Crippen molar-refractivity contribution in [3.05, 3.63) is 72.8 Å². The first kappa shape index (κ1) is 10.7. The average Bonchev–Trinajstić information content (AvgIpc) is 2.35. The van der Waals surface area contributed by atoms with Gasteiger partial charge in [-0.1, -0.05) is 67.3 Å². The Kier molecular flexibility index (Phi) is 3.18. The van der Waals surface area contributed by atoms with Crippen LogP contribution in [0.3, 0.4) is 0 Å². The van der Waals surface area contributed by atoms with E-state index in [2.05, 4.69) is 30.8 Å². The quantitative estimate of drug-likeness (QED) is 0.768. The summed E-state index contributed by atoms with van der Waals surface area (Å²) < 4.78 is 0. The molecular formula is C15H15N. The summed E-state index contributed by atoms with van der Waals surface area (Å²) in [7, 11) is 0. The summed E-state index contributed by atoms with van der Waals surface area (Å²) >= 11 is 0. The largest absolute Gasteiger partial charge is 0.321 e. The molecule has 0 heterocycles. The second kappa shape index (κ2) is 4.77. The highest BCUT2D eigenvalue weighted by molar-refractivity contribution is 5.86. The molecule has 0 aliphatic heterocycles. The molecule has 2 N–H and O–H groups in total. The third-order valence-electron chi connectivity index (χ3n) is 2.64. The minimum atomic E-state index is -0.0795. The van der Waals surface area contributed by atoms with Crippen LogP contribution in [-0.4, -0.2) is 0 Å². The molecule has 0 saturated heterocycles. The summed E-state index contributed by atoms with van der Waals surface area (Å²) in [5.41, 5.74) is 7.26. The first-order valence-electron chi connectivity index (χ1n) is 5.35. The van der Waals surface area contributed by atoms with Crippen LogP contribution in [0.2, 0.25) is 0 Å². The molecule has 0 aromatic heterocycles.